The van der Waals surface area contributed by atoms with Crippen LogP contribution in [0.25, 0.3) is 0 Å². The van der Waals surface area contributed by atoms with E-state index in [4.69, 9.17) is 0 Å². The average Bonchev–Trinajstić information content (AvgIpc) is 2.26. The van der Waals surface area contributed by atoms with Crippen molar-refractivity contribution in [2.24, 2.45) is 5.92 Å². The van der Waals surface area contributed by atoms with E-state index in [-0.39, 0.29) is 0 Å². The first-order valence-electron chi connectivity index (χ1n) is 5.99. The van der Waals surface area contributed by atoms with Gasteiger partial charge in [0.15, 0.2) is 11.7 Å². The molecule has 0 aliphatic heterocycles. The van der Waals surface area contributed by atoms with Crippen LogP contribution in [0.15, 0.2) is 24.3 Å². The number of ketones is 2. The highest BCUT2D eigenvalue weighted by atomic mass is 19.4. The second-order valence-corrected chi connectivity index (χ2v) is 4.79. The van der Waals surface area contributed by atoms with Crippen molar-refractivity contribution in [3.05, 3.63) is 29.8 Å². The van der Waals surface area contributed by atoms with Gasteiger partial charge in [0.25, 0.3) is 0 Å². The highest BCUT2D eigenvalue weighted by molar-refractivity contribution is 6.03. The number of Topliss-reactive ketones (excluding diaryl/α,β-unsaturated/α-hetero) is 2. The molecule has 0 N–H and O–H groups in total. The molecule has 0 radical (unpaired) electrons. The van der Waals surface area contributed by atoms with Gasteiger partial charge in [0.1, 0.15) is 5.78 Å². The lowest BCUT2D eigenvalue weighted by Crippen LogP contribution is -2.37. The number of anilines is 1. The first-order chi connectivity index (χ1) is 9.12. The molecule has 0 aliphatic rings. The van der Waals surface area contributed by atoms with Gasteiger partial charge in [-0.1, -0.05) is 12.1 Å². The Balaban J connectivity index is 2.86. The summed E-state index contributed by atoms with van der Waals surface area (Å²) in [6.45, 7) is 0.783. The third kappa shape index (κ3) is 4.08. The molecular weight excluding hydrogens is 271 g/mol. The Bertz CT molecular complexity index is 492. The molecule has 0 saturated carbocycles. The summed E-state index contributed by atoms with van der Waals surface area (Å²) in [5.74, 6) is -4.83. The fourth-order valence-corrected chi connectivity index (χ4v) is 1.85. The molecule has 1 rings (SSSR count). The third-order valence-electron chi connectivity index (χ3n) is 2.89. The minimum atomic E-state index is -4.83. The number of carbonyl (C=O) groups excluding carboxylic acids is 2. The van der Waals surface area contributed by atoms with Gasteiger partial charge in [0, 0.05) is 26.2 Å². The van der Waals surface area contributed by atoms with Gasteiger partial charge in [-0.15, -0.1) is 0 Å². The molecule has 0 saturated heterocycles. The fraction of sp³-hybridized carbons (Fsp3) is 0.429. The van der Waals surface area contributed by atoms with Crippen molar-refractivity contribution in [1.82, 2.24) is 0 Å². The Hall–Kier alpha value is -1.85. The minimum Gasteiger partial charge on any atom is -0.378 e. The predicted octanol–water partition coefficient (Wildman–Crippen LogP) is 2.63. The van der Waals surface area contributed by atoms with Crippen molar-refractivity contribution in [3.63, 3.8) is 0 Å². The van der Waals surface area contributed by atoms with E-state index in [9.17, 15) is 22.8 Å². The first-order valence-corrected chi connectivity index (χ1v) is 5.99. The summed E-state index contributed by atoms with van der Waals surface area (Å²) in [6.07, 6.45) is -5.23. The number of nitrogens with zero attached hydrogens (tertiary/aromatic N) is 1. The van der Waals surface area contributed by atoms with Crippen molar-refractivity contribution in [2.75, 3.05) is 19.0 Å². The van der Waals surface area contributed by atoms with Crippen molar-refractivity contribution in [3.8, 4) is 0 Å². The lowest BCUT2D eigenvalue weighted by atomic mass is 9.94. The lowest BCUT2D eigenvalue weighted by molar-refractivity contribution is -0.183. The van der Waals surface area contributed by atoms with Crippen LogP contribution in [0.2, 0.25) is 0 Å². The average molecular weight is 287 g/mol. The number of benzene rings is 1. The molecule has 0 fully saturated rings. The standard InChI is InChI=1S/C14H16F3NO2/c1-9(19)13(14(15,16)17)12(20)8-10-4-6-11(7-5-10)18(2)3/h4-7,13H,8H2,1-3H3. The zero-order valence-corrected chi connectivity index (χ0v) is 11.5. The summed E-state index contributed by atoms with van der Waals surface area (Å²) in [5.41, 5.74) is 1.33. The number of rotatable bonds is 5. The Kier molecular flexibility index (Phi) is 4.92. The number of hydrogen-bond donors (Lipinski definition) is 0. The van der Waals surface area contributed by atoms with Crippen molar-refractivity contribution in [2.45, 2.75) is 19.5 Å². The van der Waals surface area contributed by atoms with Crippen LogP contribution in [0.5, 0.6) is 0 Å². The molecule has 0 spiro atoms. The van der Waals surface area contributed by atoms with Crippen LogP contribution >= 0.6 is 0 Å². The zero-order valence-electron chi connectivity index (χ0n) is 11.5. The normalized spacial score (nSPS) is 12.9. The molecule has 0 amide bonds. The summed E-state index contributed by atoms with van der Waals surface area (Å²) in [7, 11) is 3.66. The van der Waals surface area contributed by atoms with Crippen LogP contribution in [-0.2, 0) is 16.0 Å². The van der Waals surface area contributed by atoms with Crippen molar-refractivity contribution in [1.29, 1.82) is 0 Å². The summed E-state index contributed by atoms with van der Waals surface area (Å²) in [4.78, 5) is 24.5. The predicted molar refractivity (Wildman–Crippen MR) is 69.7 cm³/mol. The second-order valence-electron chi connectivity index (χ2n) is 4.79. The number of hydrogen-bond acceptors (Lipinski definition) is 3. The largest absolute Gasteiger partial charge is 0.405 e. The van der Waals surface area contributed by atoms with Crippen LogP contribution in [0.4, 0.5) is 18.9 Å². The molecule has 0 heterocycles. The quantitative estimate of drug-likeness (QED) is 0.781. The first kappa shape index (κ1) is 16.2. The number of alkyl halides is 3. The summed E-state index contributed by atoms with van der Waals surface area (Å²) >= 11 is 0. The van der Waals surface area contributed by atoms with E-state index in [1.807, 2.05) is 19.0 Å². The molecule has 0 aromatic heterocycles. The van der Waals surface area contributed by atoms with Crippen molar-refractivity contribution >= 4 is 17.3 Å². The SMILES string of the molecule is CC(=O)C(C(=O)Cc1ccc(N(C)C)cc1)C(F)(F)F. The van der Waals surface area contributed by atoms with Crippen LogP contribution < -0.4 is 4.90 Å². The number of carbonyl (C=O) groups is 2. The summed E-state index contributed by atoms with van der Waals surface area (Å²) < 4.78 is 37.9. The van der Waals surface area contributed by atoms with Gasteiger partial charge in [0.05, 0.1) is 0 Å². The van der Waals surface area contributed by atoms with Gasteiger partial charge in [0.2, 0.25) is 0 Å². The third-order valence-corrected chi connectivity index (χ3v) is 2.89. The topological polar surface area (TPSA) is 37.4 Å². The van der Waals surface area contributed by atoms with E-state index in [0.29, 0.717) is 5.56 Å². The van der Waals surface area contributed by atoms with Gasteiger partial charge in [-0.25, -0.2) is 0 Å². The van der Waals surface area contributed by atoms with Gasteiger partial charge in [-0.2, -0.15) is 13.2 Å². The molecule has 0 aliphatic carbocycles. The van der Waals surface area contributed by atoms with Gasteiger partial charge >= 0.3 is 6.18 Å². The van der Waals surface area contributed by atoms with Crippen LogP contribution in [0.1, 0.15) is 12.5 Å². The van der Waals surface area contributed by atoms with Crippen LogP contribution in [0.3, 0.4) is 0 Å². The maximum absolute atomic E-state index is 12.6. The molecule has 20 heavy (non-hydrogen) atoms. The molecule has 1 aromatic carbocycles. The Morgan fingerprint density at radius 1 is 1.15 bits per heavy atom. The smallest absolute Gasteiger partial charge is 0.378 e. The molecule has 110 valence electrons. The fourth-order valence-electron chi connectivity index (χ4n) is 1.85. The molecule has 3 nitrogen and oxygen atoms in total. The van der Waals surface area contributed by atoms with E-state index in [2.05, 4.69) is 0 Å². The van der Waals surface area contributed by atoms with E-state index < -0.39 is 30.1 Å². The van der Waals surface area contributed by atoms with E-state index in [0.717, 1.165) is 12.6 Å². The molecule has 1 unspecified atom stereocenters. The second kappa shape index (κ2) is 6.07. The molecule has 0 bridgehead atoms. The lowest BCUT2D eigenvalue weighted by Gasteiger charge is -2.17. The summed E-state index contributed by atoms with van der Waals surface area (Å²) in [6, 6.07) is 6.58. The van der Waals surface area contributed by atoms with Gasteiger partial charge < -0.3 is 4.90 Å². The summed E-state index contributed by atoms with van der Waals surface area (Å²) in [5, 5.41) is 0. The highest BCUT2D eigenvalue weighted by Crippen LogP contribution is 2.29. The minimum absolute atomic E-state index is 0.405. The van der Waals surface area contributed by atoms with Gasteiger partial charge in [-0.05, 0) is 24.6 Å². The van der Waals surface area contributed by atoms with Crippen molar-refractivity contribution < 1.29 is 22.8 Å². The van der Waals surface area contributed by atoms with E-state index in [1.54, 1.807) is 24.3 Å². The Labute approximate surface area is 115 Å². The van der Waals surface area contributed by atoms with Crippen LogP contribution in [0, 0.1) is 5.92 Å². The van der Waals surface area contributed by atoms with E-state index in [1.165, 1.54) is 0 Å². The maximum Gasteiger partial charge on any atom is 0.405 e. The molecular formula is C14H16F3NO2. The monoisotopic (exact) mass is 287 g/mol. The van der Waals surface area contributed by atoms with E-state index >= 15 is 0 Å². The molecule has 1 atom stereocenters. The highest BCUT2D eigenvalue weighted by Gasteiger charge is 2.47. The van der Waals surface area contributed by atoms with Gasteiger partial charge in [-0.3, -0.25) is 9.59 Å². The molecule has 6 heteroatoms. The maximum atomic E-state index is 12.6. The Morgan fingerprint density at radius 2 is 1.65 bits per heavy atom. The zero-order chi connectivity index (χ0) is 15.5. The number of halogens is 3. The molecule has 1 aromatic rings. The van der Waals surface area contributed by atoms with Crippen LogP contribution in [-0.4, -0.2) is 31.8 Å². The Morgan fingerprint density at radius 3 is 2.00 bits per heavy atom.